The molecule has 0 radical (unpaired) electrons. The smallest absolute Gasteiger partial charge is 0.0884 e. The quantitative estimate of drug-likeness (QED) is 0.729. The van der Waals surface area contributed by atoms with Crippen molar-refractivity contribution >= 4 is 11.4 Å². The highest BCUT2D eigenvalue weighted by Gasteiger charge is 2.03. The molecule has 0 aromatic heterocycles. The molecule has 3 heteroatoms. The Bertz CT molecular complexity index is 401. The van der Waals surface area contributed by atoms with Gasteiger partial charge in [-0.15, -0.1) is 0 Å². The number of rotatable bonds is 6. The second-order valence-corrected chi connectivity index (χ2v) is 4.15. The molecule has 3 N–H and O–H groups in total. The van der Waals surface area contributed by atoms with Crippen LogP contribution in [0.3, 0.4) is 0 Å². The maximum absolute atomic E-state index is 9.85. The van der Waals surface area contributed by atoms with E-state index in [1.165, 1.54) is 0 Å². The summed E-state index contributed by atoms with van der Waals surface area (Å²) in [5.41, 5.74) is 2.05. The van der Waals surface area contributed by atoms with Gasteiger partial charge in [-0.3, -0.25) is 0 Å². The largest absolute Gasteiger partial charge is 0.389 e. The topological polar surface area (TPSA) is 44.3 Å². The van der Waals surface area contributed by atoms with Crippen LogP contribution in [0, 0.1) is 0 Å². The molecule has 0 unspecified atom stereocenters. The van der Waals surface area contributed by atoms with Gasteiger partial charge in [0, 0.05) is 24.5 Å². The SMILES string of the molecule is OC(CNc1ccccc1)CNc1ccccc1. The van der Waals surface area contributed by atoms with Crippen LogP contribution < -0.4 is 10.6 Å². The maximum Gasteiger partial charge on any atom is 0.0884 e. The van der Waals surface area contributed by atoms with Gasteiger partial charge in [0.05, 0.1) is 6.10 Å². The van der Waals surface area contributed by atoms with Crippen LogP contribution in [0.15, 0.2) is 60.7 Å². The van der Waals surface area contributed by atoms with E-state index in [0.29, 0.717) is 13.1 Å². The Balaban J connectivity index is 1.71. The first kappa shape index (κ1) is 12.5. The van der Waals surface area contributed by atoms with E-state index >= 15 is 0 Å². The molecular formula is C15H18N2O. The fraction of sp³-hybridized carbons (Fsp3) is 0.200. The fourth-order valence-electron chi connectivity index (χ4n) is 1.66. The predicted molar refractivity (Wildman–Crippen MR) is 75.9 cm³/mol. The third-order valence-corrected chi connectivity index (χ3v) is 2.63. The molecule has 0 aliphatic rings. The molecule has 3 nitrogen and oxygen atoms in total. The molecule has 0 bridgehead atoms. The Morgan fingerprint density at radius 3 is 1.50 bits per heavy atom. The number of hydrogen-bond donors (Lipinski definition) is 3. The molecule has 0 atom stereocenters. The van der Waals surface area contributed by atoms with Crippen LogP contribution in [0.4, 0.5) is 11.4 Å². The van der Waals surface area contributed by atoms with Crippen molar-refractivity contribution in [3.63, 3.8) is 0 Å². The van der Waals surface area contributed by atoms with Crippen molar-refractivity contribution in [2.75, 3.05) is 23.7 Å². The summed E-state index contributed by atoms with van der Waals surface area (Å²) < 4.78 is 0. The number of aliphatic hydroxyl groups is 1. The zero-order valence-electron chi connectivity index (χ0n) is 10.2. The van der Waals surface area contributed by atoms with E-state index in [0.717, 1.165) is 11.4 Å². The van der Waals surface area contributed by atoms with Gasteiger partial charge >= 0.3 is 0 Å². The molecular weight excluding hydrogens is 224 g/mol. The molecule has 0 amide bonds. The summed E-state index contributed by atoms with van der Waals surface area (Å²) in [5.74, 6) is 0. The third kappa shape index (κ3) is 4.11. The van der Waals surface area contributed by atoms with Gasteiger partial charge in [0.1, 0.15) is 0 Å². The number of para-hydroxylation sites is 2. The summed E-state index contributed by atoms with van der Waals surface area (Å²) in [6, 6.07) is 19.8. The Hall–Kier alpha value is -2.00. The van der Waals surface area contributed by atoms with Gasteiger partial charge in [-0.25, -0.2) is 0 Å². The molecule has 2 rings (SSSR count). The number of hydrogen-bond acceptors (Lipinski definition) is 3. The van der Waals surface area contributed by atoms with Crippen LogP contribution in [0.25, 0.3) is 0 Å². The molecule has 2 aromatic rings. The van der Waals surface area contributed by atoms with E-state index < -0.39 is 6.10 Å². The number of nitrogens with one attached hydrogen (secondary N) is 2. The number of anilines is 2. The molecule has 0 aliphatic heterocycles. The third-order valence-electron chi connectivity index (χ3n) is 2.63. The molecule has 0 saturated carbocycles. The van der Waals surface area contributed by atoms with Crippen molar-refractivity contribution in [1.82, 2.24) is 0 Å². The molecule has 18 heavy (non-hydrogen) atoms. The molecule has 0 spiro atoms. The van der Waals surface area contributed by atoms with Gasteiger partial charge in [0.25, 0.3) is 0 Å². The Morgan fingerprint density at radius 2 is 1.11 bits per heavy atom. The zero-order valence-corrected chi connectivity index (χ0v) is 10.2. The van der Waals surface area contributed by atoms with E-state index in [4.69, 9.17) is 0 Å². The first-order valence-electron chi connectivity index (χ1n) is 6.10. The minimum absolute atomic E-state index is 0.426. The van der Waals surface area contributed by atoms with Crippen LogP contribution in [-0.2, 0) is 0 Å². The van der Waals surface area contributed by atoms with Crippen molar-refractivity contribution in [2.45, 2.75) is 6.10 Å². The average Bonchev–Trinajstić information content (AvgIpc) is 2.45. The standard InChI is InChI=1S/C15H18N2O/c18-15(11-16-13-7-3-1-4-8-13)12-17-14-9-5-2-6-10-14/h1-10,15-18H,11-12H2. The highest BCUT2D eigenvalue weighted by molar-refractivity contribution is 5.44. The molecule has 0 fully saturated rings. The Morgan fingerprint density at radius 1 is 0.722 bits per heavy atom. The predicted octanol–water partition coefficient (Wildman–Crippen LogP) is 2.57. The van der Waals surface area contributed by atoms with Gasteiger partial charge in [-0.05, 0) is 24.3 Å². The summed E-state index contributed by atoms with van der Waals surface area (Å²) in [4.78, 5) is 0. The van der Waals surface area contributed by atoms with Crippen molar-refractivity contribution in [3.8, 4) is 0 Å². The first-order chi connectivity index (χ1) is 8.84. The summed E-state index contributed by atoms with van der Waals surface area (Å²) in [5, 5.41) is 16.2. The Labute approximate surface area is 107 Å². The fourth-order valence-corrected chi connectivity index (χ4v) is 1.66. The second-order valence-electron chi connectivity index (χ2n) is 4.15. The lowest BCUT2D eigenvalue weighted by molar-refractivity contribution is 0.201. The minimum Gasteiger partial charge on any atom is -0.389 e. The number of aliphatic hydroxyl groups excluding tert-OH is 1. The van der Waals surface area contributed by atoms with Gasteiger partial charge in [-0.1, -0.05) is 36.4 Å². The van der Waals surface area contributed by atoms with E-state index in [-0.39, 0.29) is 0 Å². The van der Waals surface area contributed by atoms with Crippen molar-refractivity contribution in [3.05, 3.63) is 60.7 Å². The van der Waals surface area contributed by atoms with Gasteiger partial charge in [0.2, 0.25) is 0 Å². The van der Waals surface area contributed by atoms with Gasteiger partial charge in [0.15, 0.2) is 0 Å². The summed E-state index contributed by atoms with van der Waals surface area (Å²) in [6.07, 6.45) is -0.426. The lowest BCUT2D eigenvalue weighted by Crippen LogP contribution is -2.27. The monoisotopic (exact) mass is 242 g/mol. The van der Waals surface area contributed by atoms with Crippen LogP contribution in [0.5, 0.6) is 0 Å². The zero-order chi connectivity index (χ0) is 12.6. The minimum atomic E-state index is -0.426. The van der Waals surface area contributed by atoms with Crippen LogP contribution in [-0.4, -0.2) is 24.3 Å². The average molecular weight is 242 g/mol. The normalized spacial score (nSPS) is 10.3. The van der Waals surface area contributed by atoms with Gasteiger partial charge in [-0.2, -0.15) is 0 Å². The highest BCUT2D eigenvalue weighted by Crippen LogP contribution is 2.06. The van der Waals surface area contributed by atoms with Gasteiger partial charge < -0.3 is 15.7 Å². The molecule has 0 saturated heterocycles. The van der Waals surface area contributed by atoms with E-state index in [1.54, 1.807) is 0 Å². The highest BCUT2D eigenvalue weighted by atomic mass is 16.3. The van der Waals surface area contributed by atoms with Crippen molar-refractivity contribution in [2.24, 2.45) is 0 Å². The molecule has 0 heterocycles. The molecule has 0 aliphatic carbocycles. The lowest BCUT2D eigenvalue weighted by atomic mass is 10.2. The summed E-state index contributed by atoms with van der Waals surface area (Å²) >= 11 is 0. The Kier molecular flexibility index (Phi) is 4.61. The number of benzene rings is 2. The van der Waals surface area contributed by atoms with E-state index in [9.17, 15) is 5.11 Å². The first-order valence-corrected chi connectivity index (χ1v) is 6.10. The lowest BCUT2D eigenvalue weighted by Gasteiger charge is -2.14. The molecule has 2 aromatic carbocycles. The van der Waals surface area contributed by atoms with Crippen molar-refractivity contribution < 1.29 is 5.11 Å². The van der Waals surface area contributed by atoms with Crippen LogP contribution in [0.1, 0.15) is 0 Å². The van der Waals surface area contributed by atoms with Crippen LogP contribution in [0.2, 0.25) is 0 Å². The van der Waals surface area contributed by atoms with E-state index in [2.05, 4.69) is 10.6 Å². The maximum atomic E-state index is 9.85. The second kappa shape index (κ2) is 6.67. The molecule has 94 valence electrons. The summed E-state index contributed by atoms with van der Waals surface area (Å²) in [7, 11) is 0. The van der Waals surface area contributed by atoms with Crippen LogP contribution >= 0.6 is 0 Å². The van der Waals surface area contributed by atoms with Crippen molar-refractivity contribution in [1.29, 1.82) is 0 Å². The van der Waals surface area contributed by atoms with E-state index in [1.807, 2.05) is 60.7 Å². The summed E-state index contributed by atoms with van der Waals surface area (Å²) in [6.45, 7) is 1.06.